The highest BCUT2D eigenvalue weighted by molar-refractivity contribution is 7.99. The Labute approximate surface area is 190 Å². The molecule has 3 aromatic carbocycles. The Bertz CT molecular complexity index is 985. The molecule has 2 atom stereocenters. The van der Waals surface area contributed by atoms with E-state index in [2.05, 4.69) is 21.8 Å². The number of hydrogen-bond acceptors (Lipinski definition) is 4. The van der Waals surface area contributed by atoms with Gasteiger partial charge in [0.2, 0.25) is 0 Å². The molecule has 3 nitrogen and oxygen atoms in total. The van der Waals surface area contributed by atoms with Crippen molar-refractivity contribution in [2.45, 2.75) is 29.2 Å². The normalized spacial score (nSPS) is 18.3. The van der Waals surface area contributed by atoms with Crippen LogP contribution in [0.5, 0.6) is 5.75 Å². The molecule has 0 spiro atoms. The van der Waals surface area contributed by atoms with E-state index in [1.54, 1.807) is 18.2 Å². The fourth-order valence-electron chi connectivity index (χ4n) is 3.79. The van der Waals surface area contributed by atoms with Gasteiger partial charge in [-0.05, 0) is 23.3 Å². The maximum absolute atomic E-state index is 12.9. The third-order valence-corrected chi connectivity index (χ3v) is 6.64. The molecule has 0 aromatic heterocycles. The number of ether oxygens (including phenoxy) is 2. The van der Waals surface area contributed by atoms with Gasteiger partial charge >= 0.3 is 6.36 Å². The lowest BCUT2D eigenvalue weighted by molar-refractivity contribution is -0.275. The first-order valence-corrected chi connectivity index (χ1v) is 11.3. The van der Waals surface area contributed by atoms with Crippen molar-refractivity contribution < 1.29 is 22.6 Å². The zero-order valence-electron chi connectivity index (χ0n) is 17.4. The number of nitrogens with zero attached hydrogens (tertiary/aromatic N) is 1. The third-order valence-electron chi connectivity index (χ3n) is 5.22. The molecule has 0 N–H and O–H groups in total. The molecule has 3 aromatic rings. The smallest absolute Gasteiger partial charge is 0.405 e. The van der Waals surface area contributed by atoms with Gasteiger partial charge in [0.15, 0.2) is 0 Å². The van der Waals surface area contributed by atoms with Crippen LogP contribution < -0.4 is 4.74 Å². The summed E-state index contributed by atoms with van der Waals surface area (Å²) in [6.07, 6.45) is -4.92. The molecule has 1 aliphatic heterocycles. The minimum Gasteiger partial charge on any atom is -0.405 e. The van der Waals surface area contributed by atoms with Gasteiger partial charge in [-0.2, -0.15) is 0 Å². The molecule has 1 heterocycles. The van der Waals surface area contributed by atoms with Crippen LogP contribution in [0.3, 0.4) is 0 Å². The Morgan fingerprint density at radius 1 is 0.938 bits per heavy atom. The highest BCUT2D eigenvalue weighted by Gasteiger charge is 2.34. The summed E-state index contributed by atoms with van der Waals surface area (Å²) in [6, 6.07) is 26.3. The van der Waals surface area contributed by atoms with E-state index in [1.165, 1.54) is 23.4 Å². The van der Waals surface area contributed by atoms with Crippen LogP contribution >= 0.6 is 11.8 Å². The van der Waals surface area contributed by atoms with Gasteiger partial charge in [-0.25, -0.2) is 0 Å². The van der Waals surface area contributed by atoms with Gasteiger partial charge in [0.25, 0.3) is 0 Å². The van der Waals surface area contributed by atoms with Crippen LogP contribution in [-0.4, -0.2) is 37.1 Å². The zero-order valence-corrected chi connectivity index (χ0v) is 18.2. The first-order valence-electron chi connectivity index (χ1n) is 10.4. The van der Waals surface area contributed by atoms with Crippen LogP contribution in [0.25, 0.3) is 0 Å². The molecule has 4 rings (SSSR count). The van der Waals surface area contributed by atoms with Gasteiger partial charge in [0.1, 0.15) is 5.75 Å². The second-order valence-corrected chi connectivity index (χ2v) is 8.76. The summed E-state index contributed by atoms with van der Waals surface area (Å²) in [5, 5.41) is -0.187. The van der Waals surface area contributed by atoms with Gasteiger partial charge in [-0.1, -0.05) is 72.8 Å². The molecule has 168 valence electrons. The predicted molar refractivity (Wildman–Crippen MR) is 120 cm³/mol. The van der Waals surface area contributed by atoms with E-state index < -0.39 is 6.36 Å². The summed E-state index contributed by atoms with van der Waals surface area (Å²) in [5.74, 6) is -0.192. The summed E-state index contributed by atoms with van der Waals surface area (Å²) < 4.78 is 49.2. The summed E-state index contributed by atoms with van der Waals surface area (Å²) >= 11 is 1.35. The molecule has 1 fully saturated rings. The molecule has 0 radical (unpaired) electrons. The van der Waals surface area contributed by atoms with Crippen LogP contribution in [-0.2, 0) is 11.3 Å². The van der Waals surface area contributed by atoms with Crippen molar-refractivity contribution in [2.75, 3.05) is 19.7 Å². The van der Waals surface area contributed by atoms with E-state index in [0.717, 1.165) is 18.7 Å². The van der Waals surface area contributed by atoms with Gasteiger partial charge in [0, 0.05) is 19.6 Å². The standard InChI is InChI=1S/C25H24F3NO2S/c26-25(27,28)31-21-13-7-8-14-23(21)32-24(20-11-5-2-6-12-20)22-18-29(15-16-30-22)17-19-9-3-1-4-10-19/h1-14,22,24H,15-18H2/t22-,24?/m0/s1. The van der Waals surface area contributed by atoms with Crippen molar-refractivity contribution in [2.24, 2.45) is 0 Å². The lowest BCUT2D eigenvalue weighted by atomic mass is 10.1. The van der Waals surface area contributed by atoms with E-state index in [-0.39, 0.29) is 17.1 Å². The van der Waals surface area contributed by atoms with Crippen molar-refractivity contribution in [3.63, 3.8) is 0 Å². The van der Waals surface area contributed by atoms with E-state index in [4.69, 9.17) is 4.74 Å². The van der Waals surface area contributed by atoms with Crippen molar-refractivity contribution in [3.8, 4) is 5.75 Å². The molecule has 1 unspecified atom stereocenters. The van der Waals surface area contributed by atoms with E-state index in [0.29, 0.717) is 18.0 Å². The monoisotopic (exact) mass is 459 g/mol. The number of rotatable bonds is 7. The van der Waals surface area contributed by atoms with E-state index in [9.17, 15) is 13.2 Å². The lowest BCUT2D eigenvalue weighted by Gasteiger charge is -2.37. The van der Waals surface area contributed by atoms with Crippen molar-refractivity contribution in [1.82, 2.24) is 4.90 Å². The largest absolute Gasteiger partial charge is 0.573 e. The van der Waals surface area contributed by atoms with Crippen LogP contribution in [0.1, 0.15) is 16.4 Å². The van der Waals surface area contributed by atoms with Crippen molar-refractivity contribution in [3.05, 3.63) is 96.1 Å². The van der Waals surface area contributed by atoms with Gasteiger partial charge in [0.05, 0.1) is 22.9 Å². The summed E-state index contributed by atoms with van der Waals surface area (Å²) in [4.78, 5) is 2.76. The number of halogens is 3. The van der Waals surface area contributed by atoms with Crippen LogP contribution in [0, 0.1) is 0 Å². The molecule has 0 bridgehead atoms. The highest BCUT2D eigenvalue weighted by atomic mass is 32.2. The Hall–Kier alpha value is -2.48. The fourth-order valence-corrected chi connectivity index (χ4v) is 5.06. The maximum Gasteiger partial charge on any atom is 0.573 e. The quantitative estimate of drug-likeness (QED) is 0.386. The molecular formula is C25H24F3NO2S. The predicted octanol–water partition coefficient (Wildman–Crippen LogP) is 6.32. The summed E-state index contributed by atoms with van der Waals surface area (Å²) in [7, 11) is 0. The lowest BCUT2D eigenvalue weighted by Crippen LogP contribution is -2.44. The van der Waals surface area contributed by atoms with E-state index >= 15 is 0 Å². The molecular weight excluding hydrogens is 435 g/mol. The Kier molecular flexibility index (Phi) is 7.40. The molecule has 0 aliphatic carbocycles. The first kappa shape index (κ1) is 22.7. The fraction of sp³-hybridized carbons (Fsp3) is 0.280. The van der Waals surface area contributed by atoms with E-state index in [1.807, 2.05) is 48.5 Å². The molecule has 32 heavy (non-hydrogen) atoms. The molecule has 1 aliphatic rings. The Morgan fingerprint density at radius 3 is 2.31 bits per heavy atom. The second-order valence-electron chi connectivity index (χ2n) is 7.57. The number of para-hydroxylation sites is 1. The molecule has 7 heteroatoms. The third kappa shape index (κ3) is 6.28. The summed E-state index contributed by atoms with van der Waals surface area (Å²) in [5.41, 5.74) is 2.23. The van der Waals surface area contributed by atoms with Crippen LogP contribution in [0.2, 0.25) is 0 Å². The molecule has 0 saturated carbocycles. The minimum atomic E-state index is -4.74. The van der Waals surface area contributed by atoms with Gasteiger partial charge in [-0.15, -0.1) is 24.9 Å². The highest BCUT2D eigenvalue weighted by Crippen LogP contribution is 2.44. The SMILES string of the molecule is FC(F)(F)Oc1ccccc1SC(c1ccccc1)[C@@H]1CN(Cc2ccccc2)CCO1. The number of thioether (sulfide) groups is 1. The van der Waals surface area contributed by atoms with Crippen molar-refractivity contribution in [1.29, 1.82) is 0 Å². The number of morpholine rings is 1. The second kappa shape index (κ2) is 10.4. The van der Waals surface area contributed by atoms with Crippen LogP contribution in [0.4, 0.5) is 13.2 Å². The minimum absolute atomic E-state index is 0.182. The van der Waals surface area contributed by atoms with Crippen molar-refractivity contribution >= 4 is 11.8 Å². The van der Waals surface area contributed by atoms with Crippen LogP contribution in [0.15, 0.2) is 89.8 Å². The zero-order chi connectivity index (χ0) is 22.4. The first-order chi connectivity index (χ1) is 15.5. The average molecular weight is 460 g/mol. The number of alkyl halides is 3. The Balaban J connectivity index is 1.57. The number of hydrogen-bond donors (Lipinski definition) is 0. The van der Waals surface area contributed by atoms with Gasteiger partial charge in [-0.3, -0.25) is 4.90 Å². The average Bonchev–Trinajstić information content (AvgIpc) is 2.79. The molecule has 1 saturated heterocycles. The molecule has 0 amide bonds. The summed E-state index contributed by atoms with van der Waals surface area (Å²) in [6.45, 7) is 2.87. The topological polar surface area (TPSA) is 21.7 Å². The van der Waals surface area contributed by atoms with Gasteiger partial charge < -0.3 is 9.47 Å². The maximum atomic E-state index is 12.9. The number of benzene rings is 3. The Morgan fingerprint density at radius 2 is 1.59 bits per heavy atom.